The zero-order valence-electron chi connectivity index (χ0n) is 15.9. The van der Waals surface area contributed by atoms with Crippen LogP contribution in [0.4, 0.5) is 0 Å². The summed E-state index contributed by atoms with van der Waals surface area (Å²) in [7, 11) is 0. The lowest BCUT2D eigenvalue weighted by Crippen LogP contribution is -2.98. The normalized spacial score (nSPS) is 38.0. The number of furan rings is 1. The Morgan fingerprint density at radius 3 is 2.31 bits per heavy atom. The Bertz CT molecular complexity index is 805. The van der Waals surface area contributed by atoms with E-state index in [4.69, 9.17) is 4.42 Å². The summed E-state index contributed by atoms with van der Waals surface area (Å²) >= 11 is 3.50. The van der Waals surface area contributed by atoms with Crippen LogP contribution in [0.15, 0.2) is 45.3 Å². The lowest BCUT2D eigenvalue weighted by Gasteiger charge is -2.63. The molecule has 4 aliphatic carbocycles. The predicted octanol–water partition coefficient (Wildman–Crippen LogP) is 5.52. The van der Waals surface area contributed by atoms with Crippen LogP contribution >= 0.6 is 15.9 Å². The molecule has 0 radical (unpaired) electrons. The van der Waals surface area contributed by atoms with Crippen molar-refractivity contribution < 1.29 is 9.73 Å². The quantitative estimate of drug-likeness (QED) is 0.700. The summed E-state index contributed by atoms with van der Waals surface area (Å²) in [5.41, 5.74) is 2.76. The SMILES string of the molecule is C[C@]12CC3CC([NH2+]Cc4ccc(-c5ccc(Br)cc5)o4)(C1)C[C@@](C)(C3)C2. The molecule has 2 N–H and O–H groups in total. The molecule has 4 atom stereocenters. The van der Waals surface area contributed by atoms with E-state index < -0.39 is 0 Å². The molecule has 0 aliphatic heterocycles. The van der Waals surface area contributed by atoms with E-state index in [0.29, 0.717) is 16.4 Å². The average molecular weight is 415 g/mol. The molecule has 26 heavy (non-hydrogen) atoms. The van der Waals surface area contributed by atoms with Crippen LogP contribution in [0, 0.1) is 16.7 Å². The number of nitrogens with two attached hydrogens (primary N) is 1. The second-order valence-corrected chi connectivity index (χ2v) is 11.1. The topological polar surface area (TPSA) is 29.8 Å². The van der Waals surface area contributed by atoms with Crippen molar-refractivity contribution in [2.45, 2.75) is 64.5 Å². The second-order valence-electron chi connectivity index (χ2n) is 10.2. The largest absolute Gasteiger partial charge is 0.455 e. The molecule has 1 aromatic carbocycles. The first-order valence-corrected chi connectivity index (χ1v) is 10.8. The number of halogens is 1. The third-order valence-corrected chi connectivity index (χ3v) is 7.72. The molecule has 4 aliphatic rings. The molecule has 4 saturated carbocycles. The Morgan fingerprint density at radius 1 is 0.962 bits per heavy atom. The van der Waals surface area contributed by atoms with Gasteiger partial charge in [0.05, 0.1) is 5.54 Å². The molecule has 1 aromatic heterocycles. The van der Waals surface area contributed by atoms with Gasteiger partial charge >= 0.3 is 0 Å². The summed E-state index contributed by atoms with van der Waals surface area (Å²) < 4.78 is 7.28. The molecule has 2 unspecified atom stereocenters. The number of benzene rings is 1. The fourth-order valence-electron chi connectivity index (χ4n) is 7.34. The van der Waals surface area contributed by atoms with Crippen LogP contribution in [-0.4, -0.2) is 5.54 Å². The van der Waals surface area contributed by atoms with Gasteiger partial charge in [-0.1, -0.05) is 41.9 Å². The number of hydrogen-bond acceptors (Lipinski definition) is 1. The molecular weight excluding hydrogens is 386 g/mol. The Balaban J connectivity index is 1.32. The highest BCUT2D eigenvalue weighted by atomic mass is 79.9. The predicted molar refractivity (Wildman–Crippen MR) is 108 cm³/mol. The van der Waals surface area contributed by atoms with Gasteiger partial charge in [0, 0.05) is 29.3 Å². The van der Waals surface area contributed by atoms with Gasteiger partial charge in [0.25, 0.3) is 0 Å². The first-order valence-electron chi connectivity index (χ1n) is 10.0. The van der Waals surface area contributed by atoms with E-state index >= 15 is 0 Å². The number of rotatable bonds is 4. The highest BCUT2D eigenvalue weighted by Crippen LogP contribution is 2.65. The van der Waals surface area contributed by atoms with Gasteiger partial charge in [-0.3, -0.25) is 0 Å². The summed E-state index contributed by atoms with van der Waals surface area (Å²) in [5, 5.41) is 2.64. The molecule has 6 rings (SSSR count). The summed E-state index contributed by atoms with van der Waals surface area (Å²) in [6.45, 7) is 6.07. The van der Waals surface area contributed by atoms with Crippen molar-refractivity contribution in [2.75, 3.05) is 0 Å². The zero-order chi connectivity index (χ0) is 18.0. The molecule has 138 valence electrons. The van der Waals surface area contributed by atoms with Crippen molar-refractivity contribution in [1.29, 1.82) is 0 Å². The maximum atomic E-state index is 6.18. The minimum Gasteiger partial charge on any atom is -0.455 e. The molecular formula is C23H29BrNO+. The van der Waals surface area contributed by atoms with Gasteiger partial charge in [0.15, 0.2) is 5.76 Å². The first kappa shape index (κ1) is 17.1. The second kappa shape index (κ2) is 5.72. The van der Waals surface area contributed by atoms with Gasteiger partial charge in [-0.15, -0.1) is 0 Å². The van der Waals surface area contributed by atoms with Gasteiger partial charge in [-0.25, -0.2) is 0 Å². The van der Waals surface area contributed by atoms with Crippen LogP contribution in [0.2, 0.25) is 0 Å². The molecule has 2 nitrogen and oxygen atoms in total. The summed E-state index contributed by atoms with van der Waals surface area (Å²) in [4.78, 5) is 0. The number of hydrogen-bond donors (Lipinski definition) is 1. The first-order chi connectivity index (χ1) is 12.3. The van der Waals surface area contributed by atoms with Crippen LogP contribution in [0.25, 0.3) is 11.3 Å². The van der Waals surface area contributed by atoms with Gasteiger partial charge in [0.2, 0.25) is 0 Å². The van der Waals surface area contributed by atoms with E-state index in [1.54, 1.807) is 0 Å². The van der Waals surface area contributed by atoms with E-state index in [0.717, 1.165) is 34.0 Å². The lowest BCUT2D eigenvalue weighted by molar-refractivity contribution is -0.757. The minimum absolute atomic E-state index is 0.452. The van der Waals surface area contributed by atoms with Gasteiger partial charge in [0.1, 0.15) is 12.3 Å². The Labute approximate surface area is 164 Å². The zero-order valence-corrected chi connectivity index (χ0v) is 17.4. The standard InChI is InChI=1S/C23H28BrNO/c1-21-9-16-10-22(2,13-21)15-23(11-16,14-21)25-12-19-7-8-20(26-19)17-3-5-18(24)6-4-17/h3-8,16,25H,9-15H2,1-2H3/p+1/t16?,21-,22+,23?. The fraction of sp³-hybridized carbons (Fsp3) is 0.565. The monoisotopic (exact) mass is 414 g/mol. The molecule has 4 fully saturated rings. The molecule has 2 aromatic rings. The Hall–Kier alpha value is -1.06. The molecule has 4 bridgehead atoms. The highest BCUT2D eigenvalue weighted by Gasteiger charge is 2.62. The average Bonchev–Trinajstić information content (AvgIpc) is 2.99. The van der Waals surface area contributed by atoms with E-state index in [9.17, 15) is 0 Å². The summed E-state index contributed by atoms with van der Waals surface area (Å²) in [6.07, 6.45) is 8.58. The third kappa shape index (κ3) is 2.97. The fourth-order valence-corrected chi connectivity index (χ4v) is 7.60. The van der Waals surface area contributed by atoms with Crippen molar-refractivity contribution >= 4 is 15.9 Å². The van der Waals surface area contributed by atoms with Gasteiger partial charge in [-0.2, -0.15) is 0 Å². The van der Waals surface area contributed by atoms with Crippen molar-refractivity contribution in [1.82, 2.24) is 0 Å². The Kier molecular flexibility index (Phi) is 3.75. The minimum atomic E-state index is 0.452. The third-order valence-electron chi connectivity index (χ3n) is 7.20. The van der Waals surface area contributed by atoms with E-state index in [2.05, 4.69) is 71.5 Å². The van der Waals surface area contributed by atoms with E-state index in [-0.39, 0.29) is 0 Å². The van der Waals surface area contributed by atoms with Crippen molar-refractivity contribution in [3.05, 3.63) is 46.6 Å². The van der Waals surface area contributed by atoms with E-state index in [1.165, 1.54) is 38.5 Å². The van der Waals surface area contributed by atoms with Crippen molar-refractivity contribution in [3.63, 3.8) is 0 Å². The highest BCUT2D eigenvalue weighted by molar-refractivity contribution is 9.10. The smallest absolute Gasteiger partial charge is 0.158 e. The van der Waals surface area contributed by atoms with Crippen LogP contribution in [0.5, 0.6) is 0 Å². The molecule has 0 spiro atoms. The van der Waals surface area contributed by atoms with Crippen molar-refractivity contribution in [2.24, 2.45) is 16.7 Å². The summed E-state index contributed by atoms with van der Waals surface area (Å²) in [5.74, 6) is 3.03. The number of quaternary nitrogens is 1. The molecule has 1 heterocycles. The van der Waals surface area contributed by atoms with Crippen LogP contribution in [0.1, 0.15) is 58.1 Å². The van der Waals surface area contributed by atoms with Crippen molar-refractivity contribution in [3.8, 4) is 11.3 Å². The van der Waals surface area contributed by atoms with Crippen LogP contribution < -0.4 is 5.32 Å². The van der Waals surface area contributed by atoms with Gasteiger partial charge < -0.3 is 9.73 Å². The molecule has 3 heteroatoms. The maximum Gasteiger partial charge on any atom is 0.158 e. The Morgan fingerprint density at radius 2 is 1.65 bits per heavy atom. The maximum absolute atomic E-state index is 6.18. The van der Waals surface area contributed by atoms with Gasteiger partial charge in [-0.05, 0) is 60.3 Å². The lowest BCUT2D eigenvalue weighted by atomic mass is 9.43. The summed E-state index contributed by atoms with van der Waals surface area (Å²) in [6, 6.07) is 12.6. The van der Waals surface area contributed by atoms with Crippen LogP contribution in [-0.2, 0) is 6.54 Å². The van der Waals surface area contributed by atoms with E-state index in [1.807, 2.05) is 0 Å². The van der Waals surface area contributed by atoms with Crippen LogP contribution in [0.3, 0.4) is 0 Å². The molecule has 0 saturated heterocycles. The molecule has 0 amide bonds.